The minimum atomic E-state index is -0.881. The van der Waals surface area contributed by atoms with Crippen LogP contribution in [0.15, 0.2) is 39.5 Å². The second-order valence-electron chi connectivity index (χ2n) is 8.23. The fourth-order valence-electron chi connectivity index (χ4n) is 3.20. The van der Waals surface area contributed by atoms with Gasteiger partial charge in [0.25, 0.3) is 5.91 Å². The highest BCUT2D eigenvalue weighted by atomic mass is 16.5. The van der Waals surface area contributed by atoms with Gasteiger partial charge in [0.2, 0.25) is 0 Å². The zero-order chi connectivity index (χ0) is 19.5. The highest BCUT2D eigenvalue weighted by molar-refractivity contribution is 5.94. The average molecular weight is 359 g/mol. The van der Waals surface area contributed by atoms with Gasteiger partial charge >= 0.3 is 11.6 Å². The monoisotopic (exact) mass is 359 g/mol. The van der Waals surface area contributed by atoms with E-state index in [0.29, 0.717) is 11.0 Å². The van der Waals surface area contributed by atoms with Crippen LogP contribution in [0.5, 0.6) is 0 Å². The smallest absolute Gasteiger partial charge is 0.351 e. The van der Waals surface area contributed by atoms with Crippen molar-refractivity contribution in [1.29, 1.82) is 0 Å². The van der Waals surface area contributed by atoms with Crippen molar-refractivity contribution in [3.63, 3.8) is 0 Å². The first-order valence-corrected chi connectivity index (χ1v) is 8.48. The number of rotatable bonds is 5. The zero-order valence-electron chi connectivity index (χ0n) is 15.8. The van der Waals surface area contributed by atoms with Crippen LogP contribution in [0.2, 0.25) is 0 Å². The predicted octanol–water partition coefficient (Wildman–Crippen LogP) is 3.28. The summed E-state index contributed by atoms with van der Waals surface area (Å²) >= 11 is 0. The normalized spacial score (nSPS) is 12.0. The second-order valence-corrected chi connectivity index (χ2v) is 8.23. The second kappa shape index (κ2) is 7.32. The van der Waals surface area contributed by atoms with E-state index in [-0.39, 0.29) is 11.0 Å². The predicted molar refractivity (Wildman–Crippen MR) is 99.1 cm³/mol. The van der Waals surface area contributed by atoms with Crippen molar-refractivity contribution in [1.82, 2.24) is 5.32 Å². The zero-order valence-corrected chi connectivity index (χ0v) is 15.8. The van der Waals surface area contributed by atoms with Crippen molar-refractivity contribution in [3.8, 4) is 0 Å². The number of nitrogens with one attached hydrogen (secondary N) is 1. The van der Waals surface area contributed by atoms with Crippen molar-refractivity contribution in [2.45, 2.75) is 46.6 Å². The van der Waals surface area contributed by atoms with Gasteiger partial charge in [-0.05, 0) is 37.8 Å². The molecule has 1 heterocycles. The van der Waals surface area contributed by atoms with Crippen molar-refractivity contribution < 1.29 is 18.7 Å². The Morgan fingerprint density at radius 3 is 2.42 bits per heavy atom. The summed E-state index contributed by atoms with van der Waals surface area (Å²) in [6, 6.07) is 8.26. The quantitative estimate of drug-likeness (QED) is 0.654. The van der Waals surface area contributed by atoms with Gasteiger partial charge in [0.05, 0.1) is 0 Å². The summed E-state index contributed by atoms with van der Waals surface area (Å²) in [5, 5.41) is 3.45. The summed E-state index contributed by atoms with van der Waals surface area (Å²) in [6.45, 7) is 9.62. The lowest BCUT2D eigenvalue weighted by atomic mass is 9.82. The Balaban J connectivity index is 2.01. The molecule has 2 aromatic rings. The molecule has 0 saturated carbocycles. The summed E-state index contributed by atoms with van der Waals surface area (Å²) in [5.74, 6) is -1.30. The number of hydrogen-bond acceptors (Lipinski definition) is 5. The number of carbonyl (C=O) groups is 2. The van der Waals surface area contributed by atoms with Crippen molar-refractivity contribution >= 4 is 22.8 Å². The molecular formula is C20H25NO5. The lowest BCUT2D eigenvalue weighted by Gasteiger charge is -2.33. The van der Waals surface area contributed by atoms with Crippen LogP contribution < -0.4 is 10.9 Å². The molecule has 0 aliphatic carbocycles. The minimum absolute atomic E-state index is 0.0392. The van der Waals surface area contributed by atoms with Crippen LogP contribution in [0.3, 0.4) is 0 Å². The van der Waals surface area contributed by atoms with E-state index in [2.05, 4.69) is 26.1 Å². The lowest BCUT2D eigenvalue weighted by Crippen LogP contribution is -2.47. The number of esters is 1. The van der Waals surface area contributed by atoms with Gasteiger partial charge in [-0.2, -0.15) is 0 Å². The molecule has 0 fully saturated rings. The number of carbonyl (C=O) groups excluding carboxylic acids is 2. The average Bonchev–Trinajstić information content (AvgIpc) is 2.49. The maximum atomic E-state index is 12.1. The molecule has 1 aromatic carbocycles. The van der Waals surface area contributed by atoms with Gasteiger partial charge in [-0.15, -0.1) is 0 Å². The standard InChI is InChI=1S/C20H25NO5/c1-19(2,3)12-20(4,5)21-16(22)11-25-17(23)14-10-13-8-6-7-9-15(13)26-18(14)24/h6-10H,11-12H2,1-5H3,(H,21,22). The van der Waals surface area contributed by atoms with Crippen molar-refractivity contribution in [2.24, 2.45) is 5.41 Å². The van der Waals surface area contributed by atoms with Crippen LogP contribution in [0.1, 0.15) is 51.4 Å². The Hall–Kier alpha value is -2.63. The number of ether oxygens (including phenoxy) is 1. The molecule has 1 amide bonds. The van der Waals surface area contributed by atoms with E-state index in [4.69, 9.17) is 9.15 Å². The van der Waals surface area contributed by atoms with Gasteiger partial charge in [-0.1, -0.05) is 39.0 Å². The van der Waals surface area contributed by atoms with Gasteiger partial charge in [-0.25, -0.2) is 9.59 Å². The molecule has 6 nitrogen and oxygen atoms in total. The van der Waals surface area contributed by atoms with Gasteiger partial charge in [-0.3, -0.25) is 4.79 Å². The molecule has 1 aromatic heterocycles. The molecule has 2 rings (SSSR count). The van der Waals surface area contributed by atoms with E-state index in [1.807, 2.05) is 13.8 Å². The van der Waals surface area contributed by atoms with Gasteiger partial charge < -0.3 is 14.5 Å². The number of amides is 1. The van der Waals surface area contributed by atoms with E-state index < -0.39 is 29.6 Å². The van der Waals surface area contributed by atoms with E-state index in [0.717, 1.165) is 6.42 Å². The van der Waals surface area contributed by atoms with Gasteiger partial charge in [0, 0.05) is 10.9 Å². The fourth-order valence-corrected chi connectivity index (χ4v) is 3.20. The van der Waals surface area contributed by atoms with Crippen LogP contribution in [0, 0.1) is 5.41 Å². The molecule has 0 radical (unpaired) electrons. The Bertz CT molecular complexity index is 874. The van der Waals surface area contributed by atoms with Crippen LogP contribution in [0.25, 0.3) is 11.0 Å². The Morgan fingerprint density at radius 1 is 1.12 bits per heavy atom. The van der Waals surface area contributed by atoms with E-state index >= 15 is 0 Å². The Labute approximate surface area is 152 Å². The summed E-state index contributed by atoms with van der Waals surface area (Å²) in [7, 11) is 0. The highest BCUT2D eigenvalue weighted by Gasteiger charge is 2.27. The van der Waals surface area contributed by atoms with Crippen LogP contribution in [-0.4, -0.2) is 24.0 Å². The van der Waals surface area contributed by atoms with Crippen LogP contribution >= 0.6 is 0 Å². The minimum Gasteiger partial charge on any atom is -0.452 e. The first-order chi connectivity index (χ1) is 12.0. The van der Waals surface area contributed by atoms with Gasteiger partial charge in [0.1, 0.15) is 11.1 Å². The van der Waals surface area contributed by atoms with E-state index in [9.17, 15) is 14.4 Å². The molecule has 0 unspecified atom stereocenters. The molecule has 0 saturated heterocycles. The summed E-state index contributed by atoms with van der Waals surface area (Å²) in [6.07, 6.45) is 0.758. The molecular weight excluding hydrogens is 334 g/mol. The fraction of sp³-hybridized carbons (Fsp3) is 0.450. The first kappa shape index (κ1) is 19.7. The highest BCUT2D eigenvalue weighted by Crippen LogP contribution is 2.26. The SMILES string of the molecule is CC(C)(C)CC(C)(C)NC(=O)COC(=O)c1cc2ccccc2oc1=O. The molecule has 0 bridgehead atoms. The van der Waals surface area contributed by atoms with Crippen LogP contribution in [0.4, 0.5) is 0 Å². The summed E-state index contributed by atoms with van der Waals surface area (Å²) in [5.41, 5.74) is -1.04. The lowest BCUT2D eigenvalue weighted by molar-refractivity contribution is -0.126. The molecule has 0 aliphatic heterocycles. The third-order valence-electron chi connectivity index (χ3n) is 3.65. The summed E-state index contributed by atoms with van der Waals surface area (Å²) < 4.78 is 10.1. The molecule has 0 spiro atoms. The number of para-hydroxylation sites is 1. The maximum Gasteiger partial charge on any atom is 0.351 e. The van der Waals surface area contributed by atoms with Crippen molar-refractivity contribution in [2.75, 3.05) is 6.61 Å². The molecule has 0 aliphatic rings. The van der Waals surface area contributed by atoms with E-state index in [1.165, 1.54) is 6.07 Å². The molecule has 140 valence electrons. The summed E-state index contributed by atoms with van der Waals surface area (Å²) in [4.78, 5) is 36.2. The molecule has 6 heteroatoms. The number of hydrogen-bond donors (Lipinski definition) is 1. The molecule has 1 N–H and O–H groups in total. The topological polar surface area (TPSA) is 85.6 Å². The Morgan fingerprint density at radius 2 is 1.77 bits per heavy atom. The third kappa shape index (κ3) is 5.44. The maximum absolute atomic E-state index is 12.1. The number of fused-ring (bicyclic) bond motifs is 1. The third-order valence-corrected chi connectivity index (χ3v) is 3.65. The first-order valence-electron chi connectivity index (χ1n) is 8.48. The van der Waals surface area contributed by atoms with E-state index in [1.54, 1.807) is 24.3 Å². The largest absolute Gasteiger partial charge is 0.452 e. The number of benzene rings is 1. The molecule has 26 heavy (non-hydrogen) atoms. The van der Waals surface area contributed by atoms with Crippen LogP contribution in [-0.2, 0) is 9.53 Å². The van der Waals surface area contributed by atoms with Gasteiger partial charge in [0.15, 0.2) is 6.61 Å². The Kier molecular flexibility index (Phi) is 5.54. The molecule has 0 atom stereocenters. The van der Waals surface area contributed by atoms with Crippen molar-refractivity contribution in [3.05, 3.63) is 46.3 Å².